The second kappa shape index (κ2) is 7.31. The molecule has 19 heavy (non-hydrogen) atoms. The Morgan fingerprint density at radius 3 is 3.00 bits per heavy atom. The van der Waals surface area contributed by atoms with Crippen molar-refractivity contribution in [2.45, 2.75) is 26.5 Å². The van der Waals surface area contributed by atoms with Crippen molar-refractivity contribution >= 4 is 15.9 Å². The van der Waals surface area contributed by atoms with E-state index < -0.39 is 0 Å². The highest BCUT2D eigenvalue weighted by atomic mass is 79.9. The van der Waals surface area contributed by atoms with Crippen molar-refractivity contribution in [2.75, 3.05) is 6.54 Å². The number of para-hydroxylation sites is 1. The molecule has 0 saturated carbocycles. The molecule has 0 aliphatic heterocycles. The van der Waals surface area contributed by atoms with Crippen LogP contribution in [-0.2, 0) is 13.2 Å². The quantitative estimate of drug-likeness (QED) is 0.792. The number of nitrogens with one attached hydrogen (secondary N) is 1. The predicted octanol–water partition coefficient (Wildman–Crippen LogP) is 3.52. The van der Waals surface area contributed by atoms with E-state index in [0.717, 1.165) is 41.2 Å². The van der Waals surface area contributed by atoms with E-state index in [2.05, 4.69) is 33.3 Å². The molecule has 4 nitrogen and oxygen atoms in total. The van der Waals surface area contributed by atoms with E-state index in [-0.39, 0.29) is 0 Å². The van der Waals surface area contributed by atoms with Crippen LogP contribution in [0.3, 0.4) is 0 Å². The number of hydrogen-bond donors (Lipinski definition) is 1. The van der Waals surface area contributed by atoms with Crippen LogP contribution in [0.4, 0.5) is 0 Å². The summed E-state index contributed by atoms with van der Waals surface area (Å²) < 4.78 is 11.8. The fourth-order valence-corrected chi connectivity index (χ4v) is 2.01. The largest absolute Gasteiger partial charge is 0.484 e. The summed E-state index contributed by atoms with van der Waals surface area (Å²) in [7, 11) is 0. The van der Waals surface area contributed by atoms with Gasteiger partial charge in [-0.25, -0.2) is 0 Å². The minimum atomic E-state index is 0.378. The summed E-state index contributed by atoms with van der Waals surface area (Å²) in [5, 5.41) is 7.27. The molecule has 0 aliphatic rings. The zero-order chi connectivity index (χ0) is 13.5. The Bertz CT molecular complexity index is 514. The van der Waals surface area contributed by atoms with E-state index in [1.807, 2.05) is 30.3 Å². The average molecular weight is 325 g/mol. The topological polar surface area (TPSA) is 47.3 Å². The lowest BCUT2D eigenvalue weighted by Crippen LogP contribution is -2.13. The van der Waals surface area contributed by atoms with Gasteiger partial charge in [-0.1, -0.05) is 24.2 Å². The van der Waals surface area contributed by atoms with Crippen molar-refractivity contribution in [3.8, 4) is 5.75 Å². The number of halogens is 1. The molecular formula is C14H17BrN2O2. The molecule has 1 heterocycles. The van der Waals surface area contributed by atoms with Crippen LogP contribution < -0.4 is 10.1 Å². The summed E-state index contributed by atoms with van der Waals surface area (Å²) in [5.41, 5.74) is 0.902. The maximum Gasteiger partial charge on any atom is 0.174 e. The van der Waals surface area contributed by atoms with Crippen LogP contribution in [0.25, 0.3) is 0 Å². The van der Waals surface area contributed by atoms with Crippen molar-refractivity contribution in [3.63, 3.8) is 0 Å². The Hall–Kier alpha value is -1.33. The molecule has 0 atom stereocenters. The summed E-state index contributed by atoms with van der Waals surface area (Å²) in [6.45, 7) is 4.22. The fraction of sp³-hybridized carbons (Fsp3) is 0.357. The van der Waals surface area contributed by atoms with Gasteiger partial charge in [0, 0.05) is 12.6 Å². The van der Waals surface area contributed by atoms with Crippen molar-refractivity contribution in [1.82, 2.24) is 10.5 Å². The number of benzene rings is 1. The average Bonchev–Trinajstić information content (AvgIpc) is 2.86. The van der Waals surface area contributed by atoms with Gasteiger partial charge in [0.05, 0.1) is 10.2 Å². The van der Waals surface area contributed by atoms with Gasteiger partial charge in [-0.3, -0.25) is 0 Å². The Morgan fingerprint density at radius 2 is 2.21 bits per heavy atom. The minimum absolute atomic E-state index is 0.378. The molecule has 1 aromatic carbocycles. The standard InChI is InChI=1S/C14H17BrN2O2/c1-2-7-16-9-11-8-12(19-17-11)10-18-14-6-4-3-5-13(14)15/h3-6,8,16H,2,7,9-10H2,1H3. The maximum atomic E-state index is 5.66. The molecule has 2 rings (SSSR count). The van der Waals surface area contributed by atoms with E-state index in [1.165, 1.54) is 0 Å². The van der Waals surface area contributed by atoms with Crippen molar-refractivity contribution < 1.29 is 9.26 Å². The van der Waals surface area contributed by atoms with E-state index in [0.29, 0.717) is 6.61 Å². The molecule has 102 valence electrons. The van der Waals surface area contributed by atoms with Crippen LogP contribution in [0.2, 0.25) is 0 Å². The molecule has 2 aromatic rings. The predicted molar refractivity (Wildman–Crippen MR) is 77.0 cm³/mol. The zero-order valence-corrected chi connectivity index (χ0v) is 12.4. The third kappa shape index (κ3) is 4.36. The molecule has 0 unspecified atom stereocenters. The zero-order valence-electron chi connectivity index (χ0n) is 10.9. The van der Waals surface area contributed by atoms with Gasteiger partial charge >= 0.3 is 0 Å². The molecular weight excluding hydrogens is 308 g/mol. The Morgan fingerprint density at radius 1 is 1.37 bits per heavy atom. The first kappa shape index (κ1) is 14.1. The van der Waals surface area contributed by atoms with Crippen molar-refractivity contribution in [1.29, 1.82) is 0 Å². The van der Waals surface area contributed by atoms with Gasteiger partial charge in [0.15, 0.2) is 5.76 Å². The van der Waals surface area contributed by atoms with Gasteiger partial charge in [-0.05, 0) is 41.0 Å². The first-order valence-corrected chi connectivity index (χ1v) is 7.11. The summed E-state index contributed by atoms with van der Waals surface area (Å²) >= 11 is 3.44. The minimum Gasteiger partial charge on any atom is -0.484 e. The van der Waals surface area contributed by atoms with Crippen molar-refractivity contribution in [3.05, 3.63) is 46.3 Å². The molecule has 0 amide bonds. The van der Waals surface area contributed by atoms with Gasteiger partial charge in [0.25, 0.3) is 0 Å². The third-order valence-corrected chi connectivity index (χ3v) is 3.20. The first-order valence-electron chi connectivity index (χ1n) is 6.32. The van der Waals surface area contributed by atoms with Gasteiger partial charge < -0.3 is 14.6 Å². The second-order valence-corrected chi connectivity index (χ2v) is 5.03. The summed E-state index contributed by atoms with van der Waals surface area (Å²) in [5.74, 6) is 1.52. The molecule has 1 aromatic heterocycles. The third-order valence-electron chi connectivity index (χ3n) is 2.55. The van der Waals surface area contributed by atoms with Crippen LogP contribution in [0.15, 0.2) is 39.3 Å². The highest BCUT2D eigenvalue weighted by Gasteiger charge is 2.06. The molecule has 0 aliphatic carbocycles. The van der Waals surface area contributed by atoms with Crippen molar-refractivity contribution in [2.24, 2.45) is 0 Å². The molecule has 0 bridgehead atoms. The highest BCUT2D eigenvalue weighted by molar-refractivity contribution is 9.10. The van der Waals surface area contributed by atoms with Gasteiger partial charge in [-0.15, -0.1) is 0 Å². The smallest absolute Gasteiger partial charge is 0.174 e. The number of hydrogen-bond acceptors (Lipinski definition) is 4. The second-order valence-electron chi connectivity index (χ2n) is 4.18. The van der Waals surface area contributed by atoms with E-state index in [4.69, 9.17) is 9.26 Å². The number of rotatable bonds is 7. The van der Waals surface area contributed by atoms with Crippen LogP contribution >= 0.6 is 15.9 Å². The molecule has 0 saturated heterocycles. The molecule has 1 N–H and O–H groups in total. The molecule has 5 heteroatoms. The Kier molecular flexibility index (Phi) is 5.42. The van der Waals surface area contributed by atoms with Gasteiger partial charge in [-0.2, -0.15) is 0 Å². The normalized spacial score (nSPS) is 10.6. The lowest BCUT2D eigenvalue weighted by Gasteiger charge is -2.04. The van der Waals surface area contributed by atoms with Crippen LogP contribution in [0.5, 0.6) is 5.75 Å². The SMILES string of the molecule is CCCNCc1cc(COc2ccccc2Br)on1. The molecule has 0 fully saturated rings. The Balaban J connectivity index is 1.85. The van der Waals surface area contributed by atoms with Gasteiger partial charge in [0.2, 0.25) is 0 Å². The fourth-order valence-electron chi connectivity index (χ4n) is 1.61. The maximum absolute atomic E-state index is 5.66. The number of aromatic nitrogens is 1. The van der Waals surface area contributed by atoms with Crippen LogP contribution in [-0.4, -0.2) is 11.7 Å². The summed E-state index contributed by atoms with van der Waals surface area (Å²) in [6, 6.07) is 9.64. The number of ether oxygens (including phenoxy) is 1. The Labute approximate surface area is 121 Å². The molecule has 0 spiro atoms. The lowest BCUT2D eigenvalue weighted by atomic mass is 10.3. The van der Waals surface area contributed by atoms with Crippen LogP contribution in [0.1, 0.15) is 24.8 Å². The van der Waals surface area contributed by atoms with Crippen LogP contribution in [0, 0.1) is 0 Å². The number of nitrogens with zero attached hydrogens (tertiary/aromatic N) is 1. The lowest BCUT2D eigenvalue weighted by molar-refractivity contribution is 0.247. The van der Waals surface area contributed by atoms with E-state index in [9.17, 15) is 0 Å². The van der Waals surface area contributed by atoms with E-state index in [1.54, 1.807) is 0 Å². The first-order chi connectivity index (χ1) is 9.29. The molecule has 0 radical (unpaired) electrons. The summed E-state index contributed by atoms with van der Waals surface area (Å²) in [4.78, 5) is 0. The summed E-state index contributed by atoms with van der Waals surface area (Å²) in [6.07, 6.45) is 1.11. The highest BCUT2D eigenvalue weighted by Crippen LogP contribution is 2.24. The monoisotopic (exact) mass is 324 g/mol. The van der Waals surface area contributed by atoms with E-state index >= 15 is 0 Å². The van der Waals surface area contributed by atoms with Gasteiger partial charge in [0.1, 0.15) is 12.4 Å².